The van der Waals surface area contributed by atoms with Crippen LogP contribution in [0.4, 0.5) is 4.79 Å². The van der Waals surface area contributed by atoms with E-state index in [4.69, 9.17) is 9.73 Å². The largest absolute Gasteiger partial charge is 0.444 e. The SMILES string of the molecule is CCNC(=NCc1nnc2n1CCCCC2)NCC(CC)(CC)NC(=O)OC(C)(C)C. The Morgan fingerprint density at radius 3 is 2.48 bits per heavy atom. The van der Waals surface area contributed by atoms with Crippen molar-refractivity contribution in [3.8, 4) is 0 Å². The number of aryl methyl sites for hydroxylation is 1. The molecule has 1 aromatic heterocycles. The second-order valence-corrected chi connectivity index (χ2v) is 9.16. The van der Waals surface area contributed by atoms with Crippen LogP contribution in [-0.4, -0.2) is 51.0 Å². The number of fused-ring (bicyclic) bond motifs is 1. The lowest BCUT2D eigenvalue weighted by Gasteiger charge is -2.34. The van der Waals surface area contributed by atoms with Crippen molar-refractivity contribution in [2.45, 2.75) is 104 Å². The van der Waals surface area contributed by atoms with E-state index in [1.165, 1.54) is 12.8 Å². The van der Waals surface area contributed by atoms with Gasteiger partial charge < -0.3 is 25.3 Å². The van der Waals surface area contributed by atoms with Gasteiger partial charge in [-0.25, -0.2) is 9.79 Å². The quantitative estimate of drug-likeness (QED) is 0.428. The number of amides is 1. The molecule has 0 atom stereocenters. The van der Waals surface area contributed by atoms with Crippen molar-refractivity contribution in [1.29, 1.82) is 0 Å². The van der Waals surface area contributed by atoms with Crippen molar-refractivity contribution < 1.29 is 9.53 Å². The van der Waals surface area contributed by atoms with Crippen molar-refractivity contribution >= 4 is 12.1 Å². The Labute approximate surface area is 186 Å². The molecule has 1 amide bonds. The number of guanidine groups is 1. The number of hydrogen-bond acceptors (Lipinski definition) is 5. The number of carbonyl (C=O) groups is 1. The third-order valence-corrected chi connectivity index (χ3v) is 5.62. The van der Waals surface area contributed by atoms with E-state index in [9.17, 15) is 4.79 Å². The van der Waals surface area contributed by atoms with Crippen LogP contribution in [0.1, 0.15) is 85.3 Å². The first kappa shape index (κ1) is 24.9. The molecule has 0 saturated carbocycles. The molecule has 3 N–H and O–H groups in total. The molecule has 0 radical (unpaired) electrons. The number of hydrogen-bond donors (Lipinski definition) is 3. The summed E-state index contributed by atoms with van der Waals surface area (Å²) in [4.78, 5) is 17.1. The third kappa shape index (κ3) is 7.70. The molecular formula is C22H41N7O2. The molecule has 1 aliphatic rings. The summed E-state index contributed by atoms with van der Waals surface area (Å²) in [7, 11) is 0. The van der Waals surface area contributed by atoms with Crippen LogP contribution in [0, 0.1) is 0 Å². The maximum Gasteiger partial charge on any atom is 0.408 e. The van der Waals surface area contributed by atoms with E-state index in [1.807, 2.05) is 27.7 Å². The zero-order valence-electron chi connectivity index (χ0n) is 20.2. The van der Waals surface area contributed by atoms with Crippen molar-refractivity contribution in [2.75, 3.05) is 13.1 Å². The summed E-state index contributed by atoms with van der Waals surface area (Å²) < 4.78 is 7.68. The number of rotatable bonds is 8. The molecule has 0 bridgehead atoms. The molecule has 9 heteroatoms. The van der Waals surface area contributed by atoms with Gasteiger partial charge >= 0.3 is 6.09 Å². The van der Waals surface area contributed by atoms with Crippen molar-refractivity contribution in [1.82, 2.24) is 30.7 Å². The molecule has 9 nitrogen and oxygen atoms in total. The number of alkyl carbamates (subject to hydrolysis) is 1. The van der Waals surface area contributed by atoms with Crippen LogP contribution >= 0.6 is 0 Å². The summed E-state index contributed by atoms with van der Waals surface area (Å²) >= 11 is 0. The van der Waals surface area contributed by atoms with E-state index in [0.29, 0.717) is 19.0 Å². The van der Waals surface area contributed by atoms with E-state index in [1.54, 1.807) is 0 Å². The Morgan fingerprint density at radius 2 is 1.84 bits per heavy atom. The van der Waals surface area contributed by atoms with Gasteiger partial charge in [-0.3, -0.25) is 0 Å². The van der Waals surface area contributed by atoms with Crippen LogP contribution < -0.4 is 16.0 Å². The standard InChI is InChI=1S/C22H41N7O2/c1-7-22(8-2,26-20(30)31-21(4,5)6)16-25-19(23-9-3)24-15-18-28-27-17-13-11-10-12-14-29(17)18/h7-16H2,1-6H3,(H,26,30)(H2,23,24,25). The van der Waals surface area contributed by atoms with E-state index >= 15 is 0 Å². The molecule has 2 heterocycles. The molecule has 0 spiro atoms. The summed E-state index contributed by atoms with van der Waals surface area (Å²) in [6.45, 7) is 14.5. The molecule has 176 valence electrons. The van der Waals surface area contributed by atoms with Crippen LogP contribution in [0.3, 0.4) is 0 Å². The Balaban J connectivity index is 2.05. The highest BCUT2D eigenvalue weighted by atomic mass is 16.6. The second kappa shape index (κ2) is 11.3. The third-order valence-electron chi connectivity index (χ3n) is 5.62. The molecular weight excluding hydrogens is 394 g/mol. The summed E-state index contributed by atoms with van der Waals surface area (Å²) in [5.74, 6) is 2.67. The predicted molar refractivity (Wildman–Crippen MR) is 123 cm³/mol. The van der Waals surface area contributed by atoms with E-state index in [2.05, 4.69) is 44.6 Å². The Morgan fingerprint density at radius 1 is 1.10 bits per heavy atom. The van der Waals surface area contributed by atoms with Crippen molar-refractivity contribution in [3.05, 3.63) is 11.6 Å². The highest BCUT2D eigenvalue weighted by Gasteiger charge is 2.30. The minimum absolute atomic E-state index is 0.397. The van der Waals surface area contributed by atoms with E-state index in [-0.39, 0.29) is 0 Å². The van der Waals surface area contributed by atoms with Crippen LogP contribution in [0.2, 0.25) is 0 Å². The van der Waals surface area contributed by atoms with E-state index in [0.717, 1.165) is 50.4 Å². The first-order valence-corrected chi connectivity index (χ1v) is 11.7. The normalized spacial score (nSPS) is 15.1. The highest BCUT2D eigenvalue weighted by molar-refractivity contribution is 5.80. The van der Waals surface area contributed by atoms with Gasteiger partial charge in [0.15, 0.2) is 11.8 Å². The van der Waals surface area contributed by atoms with Gasteiger partial charge in [0.25, 0.3) is 0 Å². The van der Waals surface area contributed by atoms with Gasteiger partial charge in [0.05, 0.1) is 5.54 Å². The van der Waals surface area contributed by atoms with Crippen LogP contribution in [0.15, 0.2) is 4.99 Å². The smallest absolute Gasteiger partial charge is 0.408 e. The van der Waals surface area contributed by atoms with Gasteiger partial charge in [-0.2, -0.15) is 0 Å². The number of aliphatic imine (C=N–C) groups is 1. The fourth-order valence-corrected chi connectivity index (χ4v) is 3.65. The summed E-state index contributed by atoms with van der Waals surface area (Å²) in [5, 5.41) is 18.5. The molecule has 0 unspecified atom stereocenters. The second-order valence-electron chi connectivity index (χ2n) is 9.16. The number of nitrogens with zero attached hydrogens (tertiary/aromatic N) is 4. The average molecular weight is 436 g/mol. The van der Waals surface area contributed by atoms with Crippen LogP contribution in [-0.2, 0) is 24.2 Å². The van der Waals surface area contributed by atoms with Gasteiger partial charge in [-0.05, 0) is 53.4 Å². The minimum Gasteiger partial charge on any atom is -0.444 e. The maximum absolute atomic E-state index is 12.4. The fourth-order valence-electron chi connectivity index (χ4n) is 3.65. The van der Waals surface area contributed by atoms with E-state index < -0.39 is 17.2 Å². The molecule has 0 fully saturated rings. The van der Waals surface area contributed by atoms with Gasteiger partial charge in [0, 0.05) is 26.1 Å². The molecule has 0 aromatic carbocycles. The number of aromatic nitrogens is 3. The zero-order chi connectivity index (χ0) is 22.9. The van der Waals surface area contributed by atoms with Crippen LogP contribution in [0.5, 0.6) is 0 Å². The lowest BCUT2D eigenvalue weighted by Crippen LogP contribution is -2.57. The molecule has 1 aromatic rings. The molecule has 1 aliphatic heterocycles. The van der Waals surface area contributed by atoms with Gasteiger partial charge in [0.2, 0.25) is 0 Å². The maximum atomic E-state index is 12.4. The molecule has 0 saturated heterocycles. The monoisotopic (exact) mass is 435 g/mol. The lowest BCUT2D eigenvalue weighted by molar-refractivity contribution is 0.0448. The van der Waals surface area contributed by atoms with Crippen molar-refractivity contribution in [2.24, 2.45) is 4.99 Å². The average Bonchev–Trinajstić information content (AvgIpc) is 2.93. The number of ether oxygens (including phenoxy) is 1. The summed E-state index contributed by atoms with van der Waals surface area (Å²) in [5.41, 5.74) is -0.956. The number of carbonyl (C=O) groups excluding carboxylic acids is 1. The van der Waals surface area contributed by atoms with Crippen molar-refractivity contribution in [3.63, 3.8) is 0 Å². The lowest BCUT2D eigenvalue weighted by atomic mass is 9.93. The Kier molecular flexibility index (Phi) is 9.13. The zero-order valence-corrected chi connectivity index (χ0v) is 20.2. The van der Waals surface area contributed by atoms with Gasteiger partial charge in [0.1, 0.15) is 18.0 Å². The first-order valence-electron chi connectivity index (χ1n) is 11.7. The number of nitrogens with one attached hydrogen (secondary N) is 3. The summed E-state index contributed by atoms with van der Waals surface area (Å²) in [6.07, 6.45) is 5.70. The Hall–Kier alpha value is -2.32. The van der Waals surface area contributed by atoms with Gasteiger partial charge in [-0.1, -0.05) is 20.3 Å². The first-order chi connectivity index (χ1) is 14.7. The topological polar surface area (TPSA) is 105 Å². The highest BCUT2D eigenvalue weighted by Crippen LogP contribution is 2.17. The summed E-state index contributed by atoms with van der Waals surface area (Å²) in [6, 6.07) is 0. The molecule has 2 rings (SSSR count). The van der Waals surface area contributed by atoms with Gasteiger partial charge in [-0.15, -0.1) is 10.2 Å². The predicted octanol–water partition coefficient (Wildman–Crippen LogP) is 3.14. The van der Waals surface area contributed by atoms with Crippen LogP contribution in [0.25, 0.3) is 0 Å². The molecule has 31 heavy (non-hydrogen) atoms. The molecule has 0 aliphatic carbocycles. The Bertz CT molecular complexity index is 733. The minimum atomic E-state index is -0.530. The fraction of sp³-hybridized carbons (Fsp3) is 0.818.